The molecule has 24 heavy (non-hydrogen) atoms. The Morgan fingerprint density at radius 1 is 1.08 bits per heavy atom. The van der Waals surface area contributed by atoms with Crippen molar-refractivity contribution in [1.29, 1.82) is 0 Å². The molecule has 0 heterocycles. The highest BCUT2D eigenvalue weighted by molar-refractivity contribution is 6.31. The van der Waals surface area contributed by atoms with Crippen molar-refractivity contribution in [1.82, 2.24) is 5.32 Å². The lowest BCUT2D eigenvalue weighted by Crippen LogP contribution is -2.28. The van der Waals surface area contributed by atoms with Crippen molar-refractivity contribution in [2.75, 3.05) is 25.6 Å². The van der Waals surface area contributed by atoms with Crippen LogP contribution in [0.5, 0.6) is 0 Å². The number of ether oxygens (including phenoxy) is 1. The van der Waals surface area contributed by atoms with Gasteiger partial charge in [0.25, 0.3) is 5.91 Å². The first-order valence-electron chi connectivity index (χ1n) is 7.51. The highest BCUT2D eigenvalue weighted by Gasteiger charge is 2.13. The first kappa shape index (κ1) is 18.0. The van der Waals surface area contributed by atoms with Crippen LogP contribution in [0, 0.1) is 0 Å². The molecule has 6 heteroatoms. The standard InChI is InChI=1S/C18H19ClN2O3/c1-24-11-10-20-18(23)14-7-3-5-9-16(14)21-17(22)12-13-6-2-4-8-15(13)19/h2-9H,10-12H2,1H3,(H,20,23)(H,21,22). The first-order chi connectivity index (χ1) is 11.6. The number of benzene rings is 2. The van der Waals surface area contributed by atoms with E-state index in [1.807, 2.05) is 12.1 Å². The molecule has 0 aliphatic rings. The van der Waals surface area contributed by atoms with Crippen molar-refractivity contribution in [3.8, 4) is 0 Å². The lowest BCUT2D eigenvalue weighted by Gasteiger charge is -2.11. The van der Waals surface area contributed by atoms with Gasteiger partial charge in [-0.25, -0.2) is 0 Å². The monoisotopic (exact) mass is 346 g/mol. The maximum Gasteiger partial charge on any atom is 0.253 e. The molecule has 0 aliphatic carbocycles. The zero-order valence-corrected chi connectivity index (χ0v) is 14.1. The molecule has 0 atom stereocenters. The Labute approximate surface area is 146 Å². The predicted octanol–water partition coefficient (Wildman–Crippen LogP) is 2.90. The number of rotatable bonds is 7. The van der Waals surface area contributed by atoms with Gasteiger partial charge in [0.2, 0.25) is 5.91 Å². The quantitative estimate of drug-likeness (QED) is 0.757. The van der Waals surface area contributed by atoms with Gasteiger partial charge in [0, 0.05) is 18.7 Å². The van der Waals surface area contributed by atoms with Crippen molar-refractivity contribution in [2.45, 2.75) is 6.42 Å². The predicted molar refractivity (Wildman–Crippen MR) is 94.4 cm³/mol. The smallest absolute Gasteiger partial charge is 0.253 e. The third kappa shape index (κ3) is 5.08. The number of hydrogen-bond donors (Lipinski definition) is 2. The van der Waals surface area contributed by atoms with E-state index >= 15 is 0 Å². The van der Waals surface area contributed by atoms with Crippen LogP contribution in [0.1, 0.15) is 15.9 Å². The molecular formula is C18H19ClN2O3. The van der Waals surface area contributed by atoms with Gasteiger partial charge in [0.05, 0.1) is 24.3 Å². The molecule has 0 fully saturated rings. The normalized spacial score (nSPS) is 10.2. The molecule has 2 rings (SSSR count). The van der Waals surface area contributed by atoms with E-state index in [1.165, 1.54) is 0 Å². The van der Waals surface area contributed by atoms with Gasteiger partial charge in [-0.1, -0.05) is 41.9 Å². The van der Waals surface area contributed by atoms with Crippen molar-refractivity contribution in [3.63, 3.8) is 0 Å². The maximum atomic E-state index is 12.2. The third-order valence-electron chi connectivity index (χ3n) is 3.35. The van der Waals surface area contributed by atoms with E-state index in [2.05, 4.69) is 10.6 Å². The molecular weight excluding hydrogens is 328 g/mol. The number of methoxy groups -OCH3 is 1. The van der Waals surface area contributed by atoms with Gasteiger partial charge < -0.3 is 15.4 Å². The number of nitrogens with one attached hydrogen (secondary N) is 2. The second kappa shape index (κ2) is 9.05. The lowest BCUT2D eigenvalue weighted by atomic mass is 10.1. The van der Waals surface area contributed by atoms with E-state index in [9.17, 15) is 9.59 Å². The zero-order valence-electron chi connectivity index (χ0n) is 13.3. The molecule has 0 aliphatic heterocycles. The van der Waals surface area contributed by atoms with Crippen LogP contribution in [0.15, 0.2) is 48.5 Å². The zero-order chi connectivity index (χ0) is 17.4. The molecule has 5 nitrogen and oxygen atoms in total. The van der Waals surface area contributed by atoms with Crippen LogP contribution >= 0.6 is 11.6 Å². The molecule has 2 N–H and O–H groups in total. The highest BCUT2D eigenvalue weighted by atomic mass is 35.5. The largest absolute Gasteiger partial charge is 0.383 e. The summed E-state index contributed by atoms with van der Waals surface area (Å²) in [6.07, 6.45) is 0.138. The first-order valence-corrected chi connectivity index (χ1v) is 7.89. The topological polar surface area (TPSA) is 67.4 Å². The summed E-state index contributed by atoms with van der Waals surface area (Å²) in [6.45, 7) is 0.823. The lowest BCUT2D eigenvalue weighted by molar-refractivity contribution is -0.115. The summed E-state index contributed by atoms with van der Waals surface area (Å²) in [6, 6.07) is 14.0. The maximum absolute atomic E-state index is 12.2. The average molecular weight is 347 g/mol. The van der Waals surface area contributed by atoms with Gasteiger partial charge in [-0.2, -0.15) is 0 Å². The number of carbonyl (C=O) groups is 2. The van der Waals surface area contributed by atoms with E-state index in [0.717, 1.165) is 5.56 Å². The summed E-state index contributed by atoms with van der Waals surface area (Å²) in [5.41, 5.74) is 1.60. The van der Waals surface area contributed by atoms with E-state index in [1.54, 1.807) is 43.5 Å². The van der Waals surface area contributed by atoms with Crippen molar-refractivity contribution in [3.05, 3.63) is 64.7 Å². The summed E-state index contributed by atoms with van der Waals surface area (Å²) >= 11 is 6.07. The number of amides is 2. The number of anilines is 1. The molecule has 0 aromatic heterocycles. The average Bonchev–Trinajstić information content (AvgIpc) is 2.57. The Bertz CT molecular complexity index is 719. The minimum atomic E-state index is -0.263. The minimum absolute atomic E-state index is 0.138. The molecule has 0 saturated heterocycles. The van der Waals surface area contributed by atoms with Crippen LogP contribution in [0.2, 0.25) is 5.02 Å². The SMILES string of the molecule is COCCNC(=O)c1ccccc1NC(=O)Cc1ccccc1Cl. The number of hydrogen-bond acceptors (Lipinski definition) is 3. The Morgan fingerprint density at radius 2 is 1.79 bits per heavy atom. The van der Waals surface area contributed by atoms with Gasteiger partial charge >= 0.3 is 0 Å². The van der Waals surface area contributed by atoms with Crippen LogP contribution in [-0.4, -0.2) is 32.1 Å². The third-order valence-corrected chi connectivity index (χ3v) is 3.72. The number of carbonyl (C=O) groups excluding carboxylic acids is 2. The van der Waals surface area contributed by atoms with Crippen molar-refractivity contribution < 1.29 is 14.3 Å². The Kier molecular flexibility index (Phi) is 6.78. The summed E-state index contributed by atoms with van der Waals surface area (Å²) in [5, 5.41) is 6.04. The van der Waals surface area contributed by atoms with Crippen LogP contribution in [0.3, 0.4) is 0 Å². The molecule has 126 valence electrons. The fourth-order valence-electron chi connectivity index (χ4n) is 2.16. The van der Waals surface area contributed by atoms with Gasteiger partial charge in [-0.05, 0) is 23.8 Å². The molecule has 2 aromatic rings. The van der Waals surface area contributed by atoms with Crippen LogP contribution < -0.4 is 10.6 Å². The van der Waals surface area contributed by atoms with Crippen molar-refractivity contribution >= 4 is 29.1 Å². The second-order valence-corrected chi connectivity index (χ2v) is 5.52. The van der Waals surface area contributed by atoms with Gasteiger partial charge in [0.15, 0.2) is 0 Å². The summed E-state index contributed by atoms with van der Waals surface area (Å²) in [7, 11) is 1.56. The second-order valence-electron chi connectivity index (χ2n) is 5.11. The van der Waals surface area contributed by atoms with E-state index in [4.69, 9.17) is 16.3 Å². The number of para-hydroxylation sites is 1. The van der Waals surface area contributed by atoms with Gasteiger partial charge in [0.1, 0.15) is 0 Å². The van der Waals surface area contributed by atoms with E-state index in [-0.39, 0.29) is 18.2 Å². The van der Waals surface area contributed by atoms with Crippen molar-refractivity contribution in [2.24, 2.45) is 0 Å². The molecule has 0 spiro atoms. The molecule has 2 amide bonds. The van der Waals surface area contributed by atoms with E-state index in [0.29, 0.717) is 29.4 Å². The fourth-order valence-corrected chi connectivity index (χ4v) is 2.36. The highest BCUT2D eigenvalue weighted by Crippen LogP contribution is 2.18. The summed E-state index contributed by atoms with van der Waals surface area (Å²) in [5.74, 6) is -0.499. The van der Waals surface area contributed by atoms with Gasteiger partial charge in [-0.15, -0.1) is 0 Å². The minimum Gasteiger partial charge on any atom is -0.383 e. The van der Waals surface area contributed by atoms with E-state index < -0.39 is 0 Å². The van der Waals surface area contributed by atoms with Crippen LogP contribution in [0.25, 0.3) is 0 Å². The van der Waals surface area contributed by atoms with Crippen LogP contribution in [0.4, 0.5) is 5.69 Å². The molecule has 2 aromatic carbocycles. The summed E-state index contributed by atoms with van der Waals surface area (Å²) < 4.78 is 4.90. The molecule has 0 radical (unpaired) electrons. The van der Waals surface area contributed by atoms with Crippen LogP contribution in [-0.2, 0) is 16.0 Å². The Morgan fingerprint density at radius 3 is 2.54 bits per heavy atom. The van der Waals surface area contributed by atoms with Gasteiger partial charge in [-0.3, -0.25) is 9.59 Å². The molecule has 0 unspecified atom stereocenters. The Hall–Kier alpha value is -2.37. The Balaban J connectivity index is 2.05. The fraction of sp³-hybridized carbons (Fsp3) is 0.222. The summed E-state index contributed by atoms with van der Waals surface area (Å²) in [4.78, 5) is 24.4. The molecule has 0 bridgehead atoms. The number of halogens is 1. The molecule has 0 saturated carbocycles.